The summed E-state index contributed by atoms with van der Waals surface area (Å²) in [7, 11) is 1.83. The zero-order valence-corrected chi connectivity index (χ0v) is 13.0. The van der Waals surface area contributed by atoms with Crippen LogP contribution in [0.15, 0.2) is 29.5 Å². The van der Waals surface area contributed by atoms with Gasteiger partial charge < -0.3 is 15.7 Å². The molecular weight excluding hydrogens is 297 g/mol. The minimum atomic E-state index is -0.592. The highest BCUT2D eigenvalue weighted by atomic mass is 19.1. The van der Waals surface area contributed by atoms with Gasteiger partial charge in [-0.15, -0.1) is 0 Å². The van der Waals surface area contributed by atoms with Crippen LogP contribution in [-0.2, 0) is 13.5 Å². The van der Waals surface area contributed by atoms with Gasteiger partial charge in [-0.3, -0.25) is 4.79 Å². The standard InChI is InChI=1S/C16H18FN5O/c1-9-5-6-13-10(9)8-11(15(21-18)22(13)2)16(23)20-14-12(17)4-3-7-19-14/h3-4,7-9H,5-6,18H2,1-2H3,(H,19,20,23)/b21-15-. The molecule has 0 saturated heterocycles. The van der Waals surface area contributed by atoms with Crippen LogP contribution in [0.2, 0.25) is 0 Å². The van der Waals surface area contributed by atoms with Gasteiger partial charge in [0, 0.05) is 18.9 Å². The van der Waals surface area contributed by atoms with Crippen LogP contribution in [0.4, 0.5) is 10.2 Å². The molecule has 6 nitrogen and oxygen atoms in total. The maximum atomic E-state index is 13.7. The van der Waals surface area contributed by atoms with Crippen molar-refractivity contribution >= 4 is 11.7 Å². The summed E-state index contributed by atoms with van der Waals surface area (Å²) in [6.07, 6.45) is 3.36. The quantitative estimate of drug-likeness (QED) is 0.652. The van der Waals surface area contributed by atoms with Crippen LogP contribution in [0, 0.1) is 5.82 Å². The van der Waals surface area contributed by atoms with Gasteiger partial charge in [0.1, 0.15) is 0 Å². The molecule has 1 atom stereocenters. The van der Waals surface area contributed by atoms with E-state index in [0.717, 1.165) is 24.1 Å². The number of nitrogens with zero attached hydrogens (tertiary/aromatic N) is 3. The molecule has 7 heteroatoms. The molecule has 3 N–H and O–H groups in total. The minimum absolute atomic E-state index is 0.114. The summed E-state index contributed by atoms with van der Waals surface area (Å²) in [5.41, 5.74) is 2.91. The van der Waals surface area contributed by atoms with Gasteiger partial charge in [0.15, 0.2) is 17.1 Å². The summed E-state index contributed by atoms with van der Waals surface area (Å²) in [6, 6.07) is 4.50. The predicted octanol–water partition coefficient (Wildman–Crippen LogP) is 1.64. The number of amides is 1. The first-order valence-corrected chi connectivity index (χ1v) is 7.41. The van der Waals surface area contributed by atoms with Crippen LogP contribution < -0.4 is 16.6 Å². The molecule has 0 saturated carbocycles. The molecule has 0 fully saturated rings. The summed E-state index contributed by atoms with van der Waals surface area (Å²) in [4.78, 5) is 16.4. The number of halogens is 1. The third-order valence-electron chi connectivity index (χ3n) is 4.30. The number of hydrogen-bond acceptors (Lipinski definition) is 4. The summed E-state index contributed by atoms with van der Waals surface area (Å²) in [6.45, 7) is 2.12. The second-order valence-corrected chi connectivity index (χ2v) is 5.70. The zero-order chi connectivity index (χ0) is 16.6. The van der Waals surface area contributed by atoms with E-state index in [9.17, 15) is 9.18 Å². The van der Waals surface area contributed by atoms with Crippen molar-refractivity contribution in [2.75, 3.05) is 5.32 Å². The van der Waals surface area contributed by atoms with E-state index < -0.39 is 11.7 Å². The van der Waals surface area contributed by atoms with Gasteiger partial charge in [0.2, 0.25) is 0 Å². The van der Waals surface area contributed by atoms with Crippen LogP contribution in [0.1, 0.15) is 40.9 Å². The van der Waals surface area contributed by atoms with E-state index in [1.807, 2.05) is 11.6 Å². The molecule has 0 aromatic carbocycles. The van der Waals surface area contributed by atoms with Crippen molar-refractivity contribution in [3.05, 3.63) is 52.5 Å². The van der Waals surface area contributed by atoms with Crippen molar-refractivity contribution in [2.24, 2.45) is 18.0 Å². The van der Waals surface area contributed by atoms with E-state index in [-0.39, 0.29) is 5.82 Å². The number of nitrogens with one attached hydrogen (secondary N) is 1. The third kappa shape index (κ3) is 2.58. The van der Waals surface area contributed by atoms with E-state index in [0.29, 0.717) is 17.0 Å². The van der Waals surface area contributed by atoms with Gasteiger partial charge in [-0.25, -0.2) is 9.37 Å². The van der Waals surface area contributed by atoms with Crippen LogP contribution in [0.25, 0.3) is 0 Å². The normalized spacial score (nSPS) is 17.2. The number of anilines is 1. The number of aromatic nitrogens is 2. The maximum Gasteiger partial charge on any atom is 0.260 e. The van der Waals surface area contributed by atoms with Crippen molar-refractivity contribution in [3.63, 3.8) is 0 Å². The average molecular weight is 315 g/mol. The molecule has 1 aliphatic rings. The lowest BCUT2D eigenvalue weighted by atomic mass is 10.0. The molecule has 2 heterocycles. The largest absolute Gasteiger partial charge is 0.331 e. The van der Waals surface area contributed by atoms with Gasteiger partial charge in [0.05, 0.1) is 5.56 Å². The lowest BCUT2D eigenvalue weighted by molar-refractivity contribution is 0.102. The molecule has 0 bridgehead atoms. The first-order chi connectivity index (χ1) is 11.0. The van der Waals surface area contributed by atoms with Gasteiger partial charge in [-0.1, -0.05) is 6.92 Å². The van der Waals surface area contributed by atoms with Gasteiger partial charge >= 0.3 is 0 Å². The lowest BCUT2D eigenvalue weighted by Gasteiger charge is -2.14. The van der Waals surface area contributed by atoms with Crippen molar-refractivity contribution in [2.45, 2.75) is 25.7 Å². The molecule has 1 aliphatic carbocycles. The molecule has 23 heavy (non-hydrogen) atoms. The Hall–Kier alpha value is -2.70. The number of pyridine rings is 2. The fourth-order valence-corrected chi connectivity index (χ4v) is 3.03. The van der Waals surface area contributed by atoms with Crippen LogP contribution in [-0.4, -0.2) is 15.5 Å². The lowest BCUT2D eigenvalue weighted by Crippen LogP contribution is -2.32. The van der Waals surface area contributed by atoms with Crippen LogP contribution >= 0.6 is 0 Å². The van der Waals surface area contributed by atoms with Crippen molar-refractivity contribution in [1.82, 2.24) is 9.55 Å². The number of carbonyl (C=O) groups excluding carboxylic acids is 1. The molecule has 1 amide bonds. The molecule has 0 spiro atoms. The summed E-state index contributed by atoms with van der Waals surface area (Å²) >= 11 is 0. The Morgan fingerprint density at radius 2 is 2.35 bits per heavy atom. The van der Waals surface area contributed by atoms with Gasteiger partial charge in [-0.2, -0.15) is 5.10 Å². The Morgan fingerprint density at radius 3 is 3.04 bits per heavy atom. The summed E-state index contributed by atoms with van der Waals surface area (Å²) < 4.78 is 15.5. The first kappa shape index (κ1) is 15.2. The monoisotopic (exact) mass is 315 g/mol. The number of carbonyl (C=O) groups is 1. The smallest absolute Gasteiger partial charge is 0.260 e. The van der Waals surface area contributed by atoms with E-state index in [2.05, 4.69) is 22.3 Å². The Kier molecular flexibility index (Phi) is 3.85. The highest BCUT2D eigenvalue weighted by Crippen LogP contribution is 2.31. The Morgan fingerprint density at radius 1 is 1.57 bits per heavy atom. The molecule has 0 radical (unpaired) electrons. The van der Waals surface area contributed by atoms with Crippen LogP contribution in [0.3, 0.4) is 0 Å². The Labute approximate surface area is 132 Å². The fourth-order valence-electron chi connectivity index (χ4n) is 3.03. The molecule has 0 aliphatic heterocycles. The van der Waals surface area contributed by atoms with Crippen molar-refractivity contribution in [3.8, 4) is 0 Å². The Balaban J connectivity index is 2.06. The number of hydrogen-bond donors (Lipinski definition) is 2. The summed E-state index contributed by atoms with van der Waals surface area (Å²) in [5, 5.41) is 6.23. The summed E-state index contributed by atoms with van der Waals surface area (Å²) in [5.74, 6) is 4.65. The molecule has 2 aromatic rings. The molecule has 2 aromatic heterocycles. The molecular formula is C16H18FN5O. The topological polar surface area (TPSA) is 85.3 Å². The maximum absolute atomic E-state index is 13.7. The minimum Gasteiger partial charge on any atom is -0.331 e. The second-order valence-electron chi connectivity index (χ2n) is 5.70. The highest BCUT2D eigenvalue weighted by Gasteiger charge is 2.25. The number of fused-ring (bicyclic) bond motifs is 1. The van der Waals surface area contributed by atoms with E-state index >= 15 is 0 Å². The van der Waals surface area contributed by atoms with E-state index in [1.54, 1.807) is 6.07 Å². The second kappa shape index (κ2) is 5.83. The molecule has 120 valence electrons. The van der Waals surface area contributed by atoms with Gasteiger partial charge in [-0.05, 0) is 42.5 Å². The van der Waals surface area contributed by atoms with Crippen LogP contribution in [0.5, 0.6) is 0 Å². The van der Waals surface area contributed by atoms with Crippen molar-refractivity contribution < 1.29 is 9.18 Å². The molecule has 3 rings (SSSR count). The van der Waals surface area contributed by atoms with E-state index in [1.165, 1.54) is 18.3 Å². The van der Waals surface area contributed by atoms with E-state index in [4.69, 9.17) is 5.84 Å². The zero-order valence-electron chi connectivity index (χ0n) is 13.0. The number of nitrogens with two attached hydrogens (primary N) is 1. The van der Waals surface area contributed by atoms with Crippen molar-refractivity contribution in [1.29, 1.82) is 0 Å². The third-order valence-corrected chi connectivity index (χ3v) is 4.30. The van der Waals surface area contributed by atoms with Gasteiger partial charge in [0.25, 0.3) is 5.91 Å². The fraction of sp³-hybridized carbons (Fsp3) is 0.312. The predicted molar refractivity (Wildman–Crippen MR) is 84.0 cm³/mol. The average Bonchev–Trinajstić information content (AvgIpc) is 2.91. The number of rotatable bonds is 2. The first-order valence-electron chi connectivity index (χ1n) is 7.41. The highest BCUT2D eigenvalue weighted by molar-refractivity contribution is 6.03. The Bertz CT molecular complexity index is 843. The SMILES string of the molecule is CC1CCc2c1cc(C(=O)Nc1ncccc1F)/c(=N/N)n2C. The molecule has 1 unspecified atom stereocenters.